The molecule has 1 aromatic heterocycles. The Kier molecular flexibility index (Phi) is 2.36. The molecule has 2 aromatic rings. The van der Waals surface area contributed by atoms with Gasteiger partial charge in [0.2, 0.25) is 0 Å². The third-order valence-corrected chi connectivity index (χ3v) is 2.47. The molecule has 0 aliphatic rings. The zero-order valence-electron chi connectivity index (χ0n) is 8.06. The second kappa shape index (κ2) is 3.55. The van der Waals surface area contributed by atoms with Crippen LogP contribution in [0.25, 0.3) is 11.0 Å². The smallest absolute Gasteiger partial charge is 0.306 e. The van der Waals surface area contributed by atoms with Gasteiger partial charge in [0.25, 0.3) is 0 Å². The molecule has 2 rings (SSSR count). The van der Waals surface area contributed by atoms with Gasteiger partial charge in [-0.3, -0.25) is 4.79 Å². The summed E-state index contributed by atoms with van der Waals surface area (Å²) in [6, 6.07) is 3.37. The van der Waals surface area contributed by atoms with E-state index in [-0.39, 0.29) is 17.9 Å². The number of benzene rings is 1. The molecular formula is C10H9ClN2O2. The molecule has 78 valence electrons. The Balaban J connectivity index is 2.60. The van der Waals surface area contributed by atoms with Crippen molar-refractivity contribution in [3.05, 3.63) is 33.2 Å². The Hall–Kier alpha value is -1.55. The molecule has 0 saturated carbocycles. The van der Waals surface area contributed by atoms with Crippen molar-refractivity contribution in [1.82, 2.24) is 9.97 Å². The summed E-state index contributed by atoms with van der Waals surface area (Å²) in [6.45, 7) is 1.50. The van der Waals surface area contributed by atoms with Crippen LogP contribution in [-0.2, 0) is 11.2 Å². The highest BCUT2D eigenvalue weighted by Crippen LogP contribution is 2.21. The van der Waals surface area contributed by atoms with Gasteiger partial charge < -0.3 is 9.97 Å². The van der Waals surface area contributed by atoms with Gasteiger partial charge in [-0.15, -0.1) is 0 Å². The first-order valence-corrected chi connectivity index (χ1v) is 4.84. The predicted molar refractivity (Wildman–Crippen MR) is 58.3 cm³/mol. The second-order valence-corrected chi connectivity index (χ2v) is 3.85. The van der Waals surface area contributed by atoms with Gasteiger partial charge in [0.05, 0.1) is 11.0 Å². The molecule has 2 N–H and O–H groups in total. The summed E-state index contributed by atoms with van der Waals surface area (Å²) in [6.07, 6.45) is 0.280. The van der Waals surface area contributed by atoms with Crippen molar-refractivity contribution in [1.29, 1.82) is 0 Å². The highest BCUT2D eigenvalue weighted by atomic mass is 35.5. The molecule has 0 saturated heterocycles. The molecule has 15 heavy (non-hydrogen) atoms. The van der Waals surface area contributed by atoms with Crippen LogP contribution in [0.1, 0.15) is 12.5 Å². The number of rotatable bonds is 2. The molecule has 0 fully saturated rings. The minimum Gasteiger partial charge on any atom is -0.306 e. The summed E-state index contributed by atoms with van der Waals surface area (Å²) >= 11 is 5.97. The normalized spacial score (nSPS) is 10.8. The van der Waals surface area contributed by atoms with E-state index in [1.54, 1.807) is 12.1 Å². The number of Topliss-reactive ketones (excluding diaryl/α,β-unsaturated/α-hetero) is 1. The topological polar surface area (TPSA) is 65.7 Å². The van der Waals surface area contributed by atoms with E-state index >= 15 is 0 Å². The maximum absolute atomic E-state index is 11.0. The van der Waals surface area contributed by atoms with E-state index in [1.807, 2.05) is 0 Å². The summed E-state index contributed by atoms with van der Waals surface area (Å²) in [7, 11) is 0. The van der Waals surface area contributed by atoms with Crippen LogP contribution in [0, 0.1) is 0 Å². The van der Waals surface area contributed by atoms with E-state index in [4.69, 9.17) is 11.6 Å². The number of halogens is 1. The summed E-state index contributed by atoms with van der Waals surface area (Å²) < 4.78 is 0. The first kappa shape index (κ1) is 9.98. The molecule has 1 heterocycles. The third kappa shape index (κ3) is 1.94. The van der Waals surface area contributed by atoms with Crippen LogP contribution in [-0.4, -0.2) is 15.8 Å². The van der Waals surface area contributed by atoms with Gasteiger partial charge in [0, 0.05) is 11.4 Å². The standard InChI is InChI=1S/C10H9ClN2O2/c1-5(14)2-6-3-8-9(4-7(6)11)13-10(15)12-8/h3-4H,2H2,1H3,(H2,12,13,15). The number of imidazole rings is 1. The van der Waals surface area contributed by atoms with Crippen LogP contribution in [0.3, 0.4) is 0 Å². The summed E-state index contributed by atoms with van der Waals surface area (Å²) in [5.74, 6) is 0.0362. The largest absolute Gasteiger partial charge is 0.323 e. The number of hydrogen-bond donors (Lipinski definition) is 2. The highest BCUT2D eigenvalue weighted by molar-refractivity contribution is 6.32. The first-order valence-electron chi connectivity index (χ1n) is 4.46. The van der Waals surface area contributed by atoms with Crippen LogP contribution >= 0.6 is 11.6 Å². The number of carbonyl (C=O) groups is 1. The van der Waals surface area contributed by atoms with Crippen LogP contribution in [0.5, 0.6) is 0 Å². The predicted octanol–water partition coefficient (Wildman–Crippen LogP) is 1.64. The molecule has 0 spiro atoms. The van der Waals surface area contributed by atoms with Crippen molar-refractivity contribution >= 4 is 28.4 Å². The lowest BCUT2D eigenvalue weighted by molar-refractivity contribution is -0.116. The number of ketones is 1. The monoisotopic (exact) mass is 224 g/mol. The fraction of sp³-hybridized carbons (Fsp3) is 0.200. The van der Waals surface area contributed by atoms with E-state index in [1.165, 1.54) is 6.92 Å². The van der Waals surface area contributed by atoms with Crippen molar-refractivity contribution < 1.29 is 4.79 Å². The van der Waals surface area contributed by atoms with Gasteiger partial charge in [0.15, 0.2) is 0 Å². The van der Waals surface area contributed by atoms with Gasteiger partial charge >= 0.3 is 5.69 Å². The molecule has 0 unspecified atom stereocenters. The zero-order valence-corrected chi connectivity index (χ0v) is 8.81. The van der Waals surface area contributed by atoms with Crippen LogP contribution in [0.15, 0.2) is 16.9 Å². The second-order valence-electron chi connectivity index (χ2n) is 3.45. The lowest BCUT2D eigenvalue weighted by Gasteiger charge is -2.01. The van der Waals surface area contributed by atoms with E-state index in [0.717, 1.165) is 5.56 Å². The lowest BCUT2D eigenvalue weighted by Crippen LogP contribution is -1.99. The number of nitrogens with one attached hydrogen (secondary N) is 2. The number of aromatic amines is 2. The molecule has 1 aromatic carbocycles. The molecule has 0 aliphatic heterocycles. The minimum atomic E-state index is -0.277. The Morgan fingerprint density at radius 3 is 2.53 bits per heavy atom. The summed E-state index contributed by atoms with van der Waals surface area (Å²) in [5, 5.41) is 0.493. The van der Waals surface area contributed by atoms with Crippen molar-refractivity contribution in [2.75, 3.05) is 0 Å². The molecule has 4 nitrogen and oxygen atoms in total. The molecule has 0 bridgehead atoms. The average molecular weight is 225 g/mol. The fourth-order valence-electron chi connectivity index (χ4n) is 1.50. The van der Waals surface area contributed by atoms with Crippen molar-refractivity contribution in [3.8, 4) is 0 Å². The number of aromatic nitrogens is 2. The van der Waals surface area contributed by atoms with E-state index in [9.17, 15) is 9.59 Å². The minimum absolute atomic E-state index is 0.0362. The van der Waals surface area contributed by atoms with E-state index < -0.39 is 0 Å². The highest BCUT2D eigenvalue weighted by Gasteiger charge is 2.07. The Morgan fingerprint density at radius 1 is 1.33 bits per heavy atom. The average Bonchev–Trinajstić information content (AvgIpc) is 2.44. The van der Waals surface area contributed by atoms with Gasteiger partial charge in [-0.05, 0) is 24.6 Å². The Labute approximate surface area is 90.3 Å². The number of H-pyrrole nitrogens is 2. The van der Waals surface area contributed by atoms with Gasteiger partial charge in [0.1, 0.15) is 5.78 Å². The van der Waals surface area contributed by atoms with Crippen molar-refractivity contribution in [2.24, 2.45) is 0 Å². The van der Waals surface area contributed by atoms with Crippen LogP contribution < -0.4 is 5.69 Å². The van der Waals surface area contributed by atoms with Crippen molar-refractivity contribution in [2.45, 2.75) is 13.3 Å². The number of hydrogen-bond acceptors (Lipinski definition) is 2. The quantitative estimate of drug-likeness (QED) is 0.815. The maximum Gasteiger partial charge on any atom is 0.323 e. The molecule has 0 aliphatic carbocycles. The van der Waals surface area contributed by atoms with E-state index in [0.29, 0.717) is 16.1 Å². The first-order chi connectivity index (χ1) is 7.06. The van der Waals surface area contributed by atoms with E-state index in [2.05, 4.69) is 9.97 Å². The van der Waals surface area contributed by atoms with Gasteiger partial charge in [-0.1, -0.05) is 11.6 Å². The maximum atomic E-state index is 11.0. The van der Waals surface area contributed by atoms with Crippen molar-refractivity contribution in [3.63, 3.8) is 0 Å². The Morgan fingerprint density at radius 2 is 1.93 bits per heavy atom. The molecular weight excluding hydrogens is 216 g/mol. The van der Waals surface area contributed by atoms with Crippen LogP contribution in [0.2, 0.25) is 5.02 Å². The molecule has 5 heteroatoms. The molecule has 0 atom stereocenters. The van der Waals surface area contributed by atoms with Crippen LogP contribution in [0.4, 0.5) is 0 Å². The lowest BCUT2D eigenvalue weighted by atomic mass is 10.1. The summed E-state index contributed by atoms with van der Waals surface area (Å²) in [4.78, 5) is 27.2. The fourth-order valence-corrected chi connectivity index (χ4v) is 1.73. The molecule has 0 radical (unpaired) electrons. The number of carbonyl (C=O) groups excluding carboxylic acids is 1. The Bertz CT molecular complexity index is 583. The van der Waals surface area contributed by atoms with Gasteiger partial charge in [-0.2, -0.15) is 0 Å². The zero-order chi connectivity index (χ0) is 11.0. The molecule has 0 amide bonds. The number of fused-ring (bicyclic) bond motifs is 1. The third-order valence-electron chi connectivity index (χ3n) is 2.12. The SMILES string of the molecule is CC(=O)Cc1cc2[nH]c(=O)[nH]c2cc1Cl. The summed E-state index contributed by atoms with van der Waals surface area (Å²) in [5.41, 5.74) is 1.77. The van der Waals surface area contributed by atoms with Gasteiger partial charge in [-0.25, -0.2) is 4.79 Å².